The number of nitrogens with zero attached hydrogens (tertiary/aromatic N) is 2. The average Bonchev–Trinajstić information content (AvgIpc) is 2.81. The molecule has 4 nitrogen and oxygen atoms in total. The Kier molecular flexibility index (Phi) is 3.16. The van der Waals surface area contributed by atoms with Crippen molar-refractivity contribution in [1.82, 2.24) is 4.98 Å². The van der Waals surface area contributed by atoms with Gasteiger partial charge in [-0.05, 0) is 43.3 Å². The summed E-state index contributed by atoms with van der Waals surface area (Å²) in [6, 6.07) is 12.9. The van der Waals surface area contributed by atoms with Gasteiger partial charge in [0.05, 0.1) is 11.5 Å². The van der Waals surface area contributed by atoms with Crippen LogP contribution in [0.15, 0.2) is 51.9 Å². The summed E-state index contributed by atoms with van der Waals surface area (Å²) in [6.45, 7) is 1.74. The molecular weight excluding hydrogens is 274 g/mol. The number of fused-ring (bicyclic) bond motifs is 1. The van der Waals surface area contributed by atoms with E-state index in [4.69, 9.17) is 21.8 Å². The predicted octanol–water partition coefficient (Wildman–Crippen LogP) is 4.16. The number of oxazole rings is 1. The first-order chi connectivity index (χ1) is 9.61. The largest absolute Gasteiger partial charge is 0.436 e. The van der Waals surface area contributed by atoms with Crippen molar-refractivity contribution >= 4 is 34.2 Å². The van der Waals surface area contributed by atoms with Gasteiger partial charge in [0.25, 0.3) is 0 Å². The van der Waals surface area contributed by atoms with Gasteiger partial charge in [-0.25, -0.2) is 9.98 Å². The van der Waals surface area contributed by atoms with E-state index in [0.717, 1.165) is 16.8 Å². The minimum Gasteiger partial charge on any atom is -0.436 e. The zero-order chi connectivity index (χ0) is 14.1. The fraction of sp³-hybridized carbons (Fsp3) is 0.0667. The summed E-state index contributed by atoms with van der Waals surface area (Å²) in [5.41, 5.74) is 8.66. The molecule has 0 aliphatic heterocycles. The number of hydrogen-bond acceptors (Lipinski definition) is 3. The summed E-state index contributed by atoms with van der Waals surface area (Å²) in [5, 5.41) is 0.680. The van der Waals surface area contributed by atoms with Gasteiger partial charge in [0.1, 0.15) is 5.52 Å². The Morgan fingerprint density at radius 1 is 1.20 bits per heavy atom. The van der Waals surface area contributed by atoms with E-state index in [1.165, 1.54) is 0 Å². The molecule has 0 saturated carbocycles. The average molecular weight is 286 g/mol. The van der Waals surface area contributed by atoms with Crippen molar-refractivity contribution in [2.24, 2.45) is 10.7 Å². The Bertz CT molecular complexity index is 786. The first-order valence-corrected chi connectivity index (χ1v) is 6.47. The highest BCUT2D eigenvalue weighted by molar-refractivity contribution is 6.30. The van der Waals surface area contributed by atoms with E-state index in [1.807, 2.05) is 30.3 Å². The van der Waals surface area contributed by atoms with E-state index >= 15 is 0 Å². The topological polar surface area (TPSA) is 64.4 Å². The van der Waals surface area contributed by atoms with Gasteiger partial charge in [-0.2, -0.15) is 0 Å². The van der Waals surface area contributed by atoms with Gasteiger partial charge in [-0.3, -0.25) is 0 Å². The van der Waals surface area contributed by atoms with E-state index in [1.54, 1.807) is 19.1 Å². The normalized spacial score (nSPS) is 12.0. The van der Waals surface area contributed by atoms with Crippen molar-refractivity contribution in [3.63, 3.8) is 0 Å². The number of rotatable bonds is 2. The highest BCUT2D eigenvalue weighted by Gasteiger charge is 2.08. The summed E-state index contributed by atoms with van der Waals surface area (Å²) in [6.07, 6.45) is 0. The molecule has 3 rings (SSSR count). The zero-order valence-corrected chi connectivity index (χ0v) is 11.6. The second-order valence-corrected chi connectivity index (χ2v) is 4.87. The molecule has 1 aromatic heterocycles. The molecule has 100 valence electrons. The molecule has 0 atom stereocenters. The van der Waals surface area contributed by atoms with Gasteiger partial charge in [0.15, 0.2) is 5.58 Å². The third kappa shape index (κ3) is 2.51. The first-order valence-electron chi connectivity index (χ1n) is 6.09. The summed E-state index contributed by atoms with van der Waals surface area (Å²) < 4.78 is 5.75. The van der Waals surface area contributed by atoms with Crippen LogP contribution in [0.1, 0.15) is 6.92 Å². The van der Waals surface area contributed by atoms with E-state index < -0.39 is 0 Å². The maximum absolute atomic E-state index is 5.87. The van der Waals surface area contributed by atoms with Crippen molar-refractivity contribution in [3.05, 3.63) is 47.5 Å². The molecule has 1 heterocycles. The Morgan fingerprint density at radius 2 is 1.95 bits per heavy atom. The third-order valence-electron chi connectivity index (χ3n) is 2.77. The Morgan fingerprint density at radius 3 is 2.65 bits per heavy atom. The minimum absolute atomic E-state index is 0.502. The van der Waals surface area contributed by atoms with Crippen LogP contribution in [0.4, 0.5) is 5.69 Å². The van der Waals surface area contributed by atoms with Gasteiger partial charge in [-0.15, -0.1) is 0 Å². The van der Waals surface area contributed by atoms with Crippen molar-refractivity contribution in [1.29, 1.82) is 0 Å². The van der Waals surface area contributed by atoms with Crippen LogP contribution < -0.4 is 5.73 Å². The lowest BCUT2D eigenvalue weighted by molar-refractivity contribution is 0.620. The lowest BCUT2D eigenvalue weighted by Crippen LogP contribution is -2.03. The van der Waals surface area contributed by atoms with Crippen molar-refractivity contribution < 1.29 is 4.42 Å². The highest BCUT2D eigenvalue weighted by Crippen LogP contribution is 2.27. The molecule has 0 fully saturated rings. The molecule has 0 spiro atoms. The number of benzene rings is 2. The lowest BCUT2D eigenvalue weighted by atomic mass is 10.2. The Balaban J connectivity index is 2.06. The minimum atomic E-state index is 0.502. The number of amidine groups is 1. The van der Waals surface area contributed by atoms with Crippen LogP contribution in [0.3, 0.4) is 0 Å². The van der Waals surface area contributed by atoms with Crippen molar-refractivity contribution in [3.8, 4) is 11.5 Å². The Labute approximate surface area is 120 Å². The van der Waals surface area contributed by atoms with Crippen LogP contribution in [-0.4, -0.2) is 10.8 Å². The molecule has 2 aromatic carbocycles. The van der Waals surface area contributed by atoms with Gasteiger partial charge in [0, 0.05) is 16.7 Å². The summed E-state index contributed by atoms with van der Waals surface area (Å²) >= 11 is 5.87. The van der Waals surface area contributed by atoms with Crippen LogP contribution >= 0.6 is 11.6 Å². The second kappa shape index (κ2) is 4.98. The summed E-state index contributed by atoms with van der Waals surface area (Å²) in [7, 11) is 0. The molecule has 0 aliphatic rings. The van der Waals surface area contributed by atoms with Crippen LogP contribution in [-0.2, 0) is 0 Å². The number of nitrogens with two attached hydrogens (primary N) is 1. The monoisotopic (exact) mass is 285 g/mol. The van der Waals surface area contributed by atoms with Crippen LogP contribution in [0.5, 0.6) is 0 Å². The molecule has 3 aromatic rings. The van der Waals surface area contributed by atoms with E-state index in [-0.39, 0.29) is 0 Å². The molecule has 0 amide bonds. The van der Waals surface area contributed by atoms with E-state index in [9.17, 15) is 0 Å². The molecule has 0 radical (unpaired) electrons. The van der Waals surface area contributed by atoms with Gasteiger partial charge < -0.3 is 10.2 Å². The van der Waals surface area contributed by atoms with Crippen molar-refractivity contribution in [2.75, 3.05) is 0 Å². The molecule has 0 aliphatic carbocycles. The van der Waals surface area contributed by atoms with Crippen molar-refractivity contribution in [2.45, 2.75) is 6.92 Å². The fourth-order valence-electron chi connectivity index (χ4n) is 1.90. The second-order valence-electron chi connectivity index (χ2n) is 4.43. The molecular formula is C15H12ClN3O. The number of aromatic nitrogens is 1. The highest BCUT2D eigenvalue weighted by atomic mass is 35.5. The standard InChI is InChI=1S/C15H12ClN3O/c1-9(17)18-12-6-7-13-14(8-12)20-15(19-13)10-2-4-11(16)5-3-10/h2-8H,1H3,(H2,17,18). The zero-order valence-electron chi connectivity index (χ0n) is 10.8. The Hall–Kier alpha value is -2.33. The maximum Gasteiger partial charge on any atom is 0.227 e. The van der Waals surface area contributed by atoms with Crippen LogP contribution in [0.2, 0.25) is 5.02 Å². The van der Waals surface area contributed by atoms with Crippen LogP contribution in [0.25, 0.3) is 22.6 Å². The SMILES string of the molecule is CC(N)=Nc1ccc2nc(-c3ccc(Cl)cc3)oc2c1. The quantitative estimate of drug-likeness (QED) is 0.568. The molecule has 5 heteroatoms. The molecule has 0 bridgehead atoms. The van der Waals surface area contributed by atoms with Gasteiger partial charge in [0.2, 0.25) is 5.89 Å². The number of halogens is 1. The maximum atomic E-state index is 5.87. The predicted molar refractivity (Wildman–Crippen MR) is 81.4 cm³/mol. The van der Waals surface area contributed by atoms with E-state index in [2.05, 4.69) is 9.98 Å². The summed E-state index contributed by atoms with van der Waals surface area (Å²) in [4.78, 5) is 8.64. The number of hydrogen-bond donors (Lipinski definition) is 1. The summed E-state index contributed by atoms with van der Waals surface area (Å²) in [5.74, 6) is 1.06. The molecule has 0 unspecified atom stereocenters. The molecule has 0 saturated heterocycles. The third-order valence-corrected chi connectivity index (χ3v) is 3.02. The van der Waals surface area contributed by atoms with Crippen LogP contribution in [0, 0.1) is 0 Å². The van der Waals surface area contributed by atoms with E-state index in [0.29, 0.717) is 22.3 Å². The number of aliphatic imine (C=N–C) groups is 1. The molecule has 20 heavy (non-hydrogen) atoms. The lowest BCUT2D eigenvalue weighted by Gasteiger charge is -1.94. The fourth-order valence-corrected chi connectivity index (χ4v) is 2.03. The smallest absolute Gasteiger partial charge is 0.227 e. The molecule has 2 N–H and O–H groups in total. The van der Waals surface area contributed by atoms with Gasteiger partial charge >= 0.3 is 0 Å². The first kappa shape index (κ1) is 12.7. The van der Waals surface area contributed by atoms with Gasteiger partial charge in [-0.1, -0.05) is 11.6 Å².